The van der Waals surface area contributed by atoms with E-state index in [0.29, 0.717) is 4.47 Å². The molecule has 0 aliphatic carbocycles. The number of halogens is 2. The second kappa shape index (κ2) is 8.62. The summed E-state index contributed by atoms with van der Waals surface area (Å²) in [5.74, 6) is -0.206. The number of ether oxygens (including phenoxy) is 1. The first-order chi connectivity index (χ1) is 8.70. The minimum absolute atomic E-state index is 0.171. The van der Waals surface area contributed by atoms with Crippen LogP contribution in [0.4, 0.5) is 4.39 Å². The number of benzene rings is 1. The highest BCUT2D eigenvalue weighted by atomic mass is 79.9. The average Bonchev–Trinajstić information content (AvgIpc) is 2.37. The van der Waals surface area contributed by atoms with Crippen LogP contribution in [0.3, 0.4) is 0 Å². The highest BCUT2D eigenvalue weighted by Gasteiger charge is 2.15. The molecule has 18 heavy (non-hydrogen) atoms. The lowest BCUT2D eigenvalue weighted by molar-refractivity contribution is 0.188. The van der Waals surface area contributed by atoms with E-state index in [1.807, 2.05) is 6.07 Å². The molecule has 0 aliphatic heterocycles. The molecular formula is C14H21BrFNO. The summed E-state index contributed by atoms with van der Waals surface area (Å²) in [5, 5.41) is 3.46. The van der Waals surface area contributed by atoms with Crippen LogP contribution >= 0.6 is 15.9 Å². The van der Waals surface area contributed by atoms with Crippen LogP contribution < -0.4 is 5.32 Å². The van der Waals surface area contributed by atoms with Crippen LogP contribution in [0, 0.1) is 5.82 Å². The largest absolute Gasteiger partial charge is 0.385 e. The third kappa shape index (κ3) is 4.67. The van der Waals surface area contributed by atoms with E-state index < -0.39 is 0 Å². The van der Waals surface area contributed by atoms with Crippen LogP contribution in [-0.2, 0) is 4.74 Å². The lowest BCUT2D eigenvalue weighted by atomic mass is 10.0. The van der Waals surface area contributed by atoms with Crippen molar-refractivity contribution in [3.05, 3.63) is 34.1 Å². The van der Waals surface area contributed by atoms with Crippen molar-refractivity contribution in [2.75, 3.05) is 20.3 Å². The highest BCUT2D eigenvalue weighted by molar-refractivity contribution is 9.10. The molecule has 1 aromatic carbocycles. The molecular weight excluding hydrogens is 297 g/mol. The van der Waals surface area contributed by atoms with Crippen molar-refractivity contribution in [3.63, 3.8) is 0 Å². The normalized spacial score (nSPS) is 12.7. The number of hydrogen-bond acceptors (Lipinski definition) is 2. The maximum atomic E-state index is 13.6. The molecule has 1 N–H and O–H groups in total. The van der Waals surface area contributed by atoms with Gasteiger partial charge in [0.1, 0.15) is 5.82 Å². The summed E-state index contributed by atoms with van der Waals surface area (Å²) in [5.41, 5.74) is 0.986. The molecule has 0 radical (unpaired) electrons. The second-order valence-electron chi connectivity index (χ2n) is 4.28. The lowest BCUT2D eigenvalue weighted by Gasteiger charge is -2.20. The molecule has 0 fully saturated rings. The first kappa shape index (κ1) is 15.6. The van der Waals surface area contributed by atoms with Gasteiger partial charge in [-0.15, -0.1) is 0 Å². The van der Waals surface area contributed by atoms with Crippen molar-refractivity contribution in [2.24, 2.45) is 0 Å². The van der Waals surface area contributed by atoms with Gasteiger partial charge in [-0.2, -0.15) is 0 Å². The Morgan fingerprint density at radius 3 is 2.89 bits per heavy atom. The number of nitrogens with one attached hydrogen (secondary N) is 1. The van der Waals surface area contributed by atoms with E-state index >= 15 is 0 Å². The first-order valence-corrected chi connectivity index (χ1v) is 7.16. The number of methoxy groups -OCH3 is 1. The molecule has 0 aromatic heterocycles. The van der Waals surface area contributed by atoms with E-state index in [2.05, 4.69) is 28.2 Å². The van der Waals surface area contributed by atoms with E-state index in [1.165, 1.54) is 6.07 Å². The Morgan fingerprint density at radius 1 is 1.44 bits per heavy atom. The second-order valence-corrected chi connectivity index (χ2v) is 5.08. The van der Waals surface area contributed by atoms with Gasteiger partial charge in [0, 0.05) is 19.8 Å². The van der Waals surface area contributed by atoms with Crippen molar-refractivity contribution < 1.29 is 9.13 Å². The minimum Gasteiger partial charge on any atom is -0.385 e. The van der Waals surface area contributed by atoms with E-state index in [1.54, 1.807) is 13.2 Å². The van der Waals surface area contributed by atoms with Gasteiger partial charge in [-0.25, -0.2) is 4.39 Å². The quantitative estimate of drug-likeness (QED) is 0.730. The molecule has 0 spiro atoms. The molecule has 0 amide bonds. The zero-order valence-corrected chi connectivity index (χ0v) is 12.6. The maximum absolute atomic E-state index is 13.6. The molecule has 0 bridgehead atoms. The molecule has 1 atom stereocenters. The van der Waals surface area contributed by atoms with Crippen LogP contribution in [-0.4, -0.2) is 20.3 Å². The molecule has 0 saturated heterocycles. The van der Waals surface area contributed by atoms with E-state index in [9.17, 15) is 4.39 Å². The summed E-state index contributed by atoms with van der Waals surface area (Å²) < 4.78 is 19.2. The van der Waals surface area contributed by atoms with Crippen molar-refractivity contribution in [2.45, 2.75) is 32.2 Å². The van der Waals surface area contributed by atoms with Crippen LogP contribution in [0.2, 0.25) is 0 Å². The molecule has 1 rings (SSSR count). The first-order valence-electron chi connectivity index (χ1n) is 6.37. The number of hydrogen-bond donors (Lipinski definition) is 1. The molecule has 1 aromatic rings. The summed E-state index contributed by atoms with van der Waals surface area (Å²) in [6.45, 7) is 3.79. The molecule has 4 heteroatoms. The highest BCUT2D eigenvalue weighted by Crippen LogP contribution is 2.28. The number of rotatable bonds is 8. The lowest BCUT2D eigenvalue weighted by Crippen LogP contribution is -2.23. The molecule has 1 unspecified atom stereocenters. The van der Waals surface area contributed by atoms with Crippen molar-refractivity contribution in [1.82, 2.24) is 5.32 Å². The summed E-state index contributed by atoms with van der Waals surface area (Å²) >= 11 is 3.34. The smallest absolute Gasteiger partial charge is 0.137 e. The summed E-state index contributed by atoms with van der Waals surface area (Å²) in [6, 6.07) is 5.37. The van der Waals surface area contributed by atoms with Gasteiger partial charge in [0.05, 0.1) is 4.47 Å². The molecule has 102 valence electrons. The van der Waals surface area contributed by atoms with Crippen LogP contribution in [0.1, 0.15) is 37.8 Å². The standard InChI is InChI=1S/C14H21BrFNO/c1-3-9-17-13(8-5-10-18-2)11-6-4-7-12(16)14(11)15/h4,6-7,13,17H,3,5,8-10H2,1-2H3. The monoisotopic (exact) mass is 317 g/mol. The van der Waals surface area contributed by atoms with E-state index in [4.69, 9.17) is 4.74 Å². The van der Waals surface area contributed by atoms with Gasteiger partial charge in [-0.05, 0) is 53.4 Å². The Bertz CT molecular complexity index is 360. The van der Waals surface area contributed by atoms with Gasteiger partial charge < -0.3 is 10.1 Å². The topological polar surface area (TPSA) is 21.3 Å². The molecule has 0 saturated carbocycles. The Morgan fingerprint density at radius 2 is 2.22 bits per heavy atom. The third-order valence-corrected chi connectivity index (χ3v) is 3.68. The Hall–Kier alpha value is -0.450. The summed E-state index contributed by atoms with van der Waals surface area (Å²) in [7, 11) is 1.70. The van der Waals surface area contributed by atoms with Gasteiger partial charge in [0.15, 0.2) is 0 Å². The predicted molar refractivity (Wildman–Crippen MR) is 76.2 cm³/mol. The Balaban J connectivity index is 2.76. The van der Waals surface area contributed by atoms with Crippen LogP contribution in [0.15, 0.2) is 22.7 Å². The maximum Gasteiger partial charge on any atom is 0.137 e. The average molecular weight is 318 g/mol. The molecule has 0 aliphatic rings. The zero-order valence-electron chi connectivity index (χ0n) is 11.0. The van der Waals surface area contributed by atoms with Gasteiger partial charge >= 0.3 is 0 Å². The van der Waals surface area contributed by atoms with E-state index in [-0.39, 0.29) is 11.9 Å². The van der Waals surface area contributed by atoms with Gasteiger partial charge in [-0.3, -0.25) is 0 Å². The Kier molecular flexibility index (Phi) is 7.47. The Labute approximate surface area is 117 Å². The van der Waals surface area contributed by atoms with Crippen molar-refractivity contribution >= 4 is 15.9 Å². The summed E-state index contributed by atoms with van der Waals surface area (Å²) in [4.78, 5) is 0. The van der Waals surface area contributed by atoms with Crippen LogP contribution in [0.5, 0.6) is 0 Å². The van der Waals surface area contributed by atoms with Crippen LogP contribution in [0.25, 0.3) is 0 Å². The van der Waals surface area contributed by atoms with E-state index in [0.717, 1.165) is 38.0 Å². The SMILES string of the molecule is CCCNC(CCCOC)c1cccc(F)c1Br. The van der Waals surface area contributed by atoms with Crippen molar-refractivity contribution in [1.29, 1.82) is 0 Å². The van der Waals surface area contributed by atoms with Crippen molar-refractivity contribution in [3.8, 4) is 0 Å². The minimum atomic E-state index is -0.206. The zero-order chi connectivity index (χ0) is 13.4. The van der Waals surface area contributed by atoms with Gasteiger partial charge in [0.25, 0.3) is 0 Å². The predicted octanol–water partition coefficient (Wildman–Crippen LogP) is 4.06. The molecule has 2 nitrogen and oxygen atoms in total. The fourth-order valence-electron chi connectivity index (χ4n) is 1.91. The summed E-state index contributed by atoms with van der Waals surface area (Å²) in [6.07, 6.45) is 2.96. The molecule has 0 heterocycles. The van der Waals surface area contributed by atoms with Gasteiger partial charge in [0.2, 0.25) is 0 Å². The fraction of sp³-hybridized carbons (Fsp3) is 0.571. The fourth-order valence-corrected chi connectivity index (χ4v) is 2.45. The third-order valence-electron chi connectivity index (χ3n) is 2.84. The van der Waals surface area contributed by atoms with Gasteiger partial charge in [-0.1, -0.05) is 19.1 Å².